The molecule has 6 heteroatoms. The molecule has 0 aliphatic heterocycles. The summed E-state index contributed by atoms with van der Waals surface area (Å²) in [4.78, 5) is 27.5. The van der Waals surface area contributed by atoms with E-state index < -0.39 is 11.9 Å². The number of H-pyrrole nitrogens is 1. The molecule has 3 rings (SSSR count). The first-order chi connectivity index (χ1) is 14.1. The standard InChI is InChI=1S/C23H21N3O3/c1-2-3-12-29-23(28)16-8-10-19(11-9-16)26-22(27)17(14-24)13-18-15-25-21-7-5-4-6-20(18)21/h4-11,13,15,25H,2-3,12H2,1H3,(H,26,27). The number of rotatable bonds is 7. The molecule has 3 aromatic rings. The minimum absolute atomic E-state index is 0.0159. The molecule has 6 nitrogen and oxygen atoms in total. The van der Waals surface area contributed by atoms with Gasteiger partial charge in [0.2, 0.25) is 0 Å². The van der Waals surface area contributed by atoms with Crippen molar-refractivity contribution in [3.63, 3.8) is 0 Å². The van der Waals surface area contributed by atoms with Crippen molar-refractivity contribution in [1.29, 1.82) is 5.26 Å². The van der Waals surface area contributed by atoms with E-state index in [1.54, 1.807) is 36.5 Å². The summed E-state index contributed by atoms with van der Waals surface area (Å²) in [5.74, 6) is -0.913. The Labute approximate surface area is 168 Å². The molecule has 0 aliphatic rings. The van der Waals surface area contributed by atoms with Crippen LogP contribution < -0.4 is 5.32 Å². The lowest BCUT2D eigenvalue weighted by Crippen LogP contribution is -2.13. The Kier molecular flexibility index (Phi) is 6.43. The largest absolute Gasteiger partial charge is 0.462 e. The number of nitrogens with zero attached hydrogens (tertiary/aromatic N) is 1. The molecule has 146 valence electrons. The number of nitrogens with one attached hydrogen (secondary N) is 2. The Bertz CT molecular complexity index is 1090. The number of esters is 1. The lowest BCUT2D eigenvalue weighted by Gasteiger charge is -2.07. The van der Waals surface area contributed by atoms with Crippen LogP contribution in [0.1, 0.15) is 35.7 Å². The molecule has 0 aliphatic carbocycles. The van der Waals surface area contributed by atoms with Gasteiger partial charge in [0.25, 0.3) is 5.91 Å². The quantitative estimate of drug-likeness (QED) is 0.266. The number of unbranched alkanes of at least 4 members (excludes halogenated alkanes) is 1. The second kappa shape index (κ2) is 9.38. The van der Waals surface area contributed by atoms with Gasteiger partial charge in [-0.3, -0.25) is 4.79 Å². The first-order valence-electron chi connectivity index (χ1n) is 9.39. The highest BCUT2D eigenvalue weighted by atomic mass is 16.5. The van der Waals surface area contributed by atoms with E-state index >= 15 is 0 Å². The number of benzene rings is 2. The number of ether oxygens (including phenoxy) is 1. The van der Waals surface area contributed by atoms with Gasteiger partial charge in [-0.05, 0) is 42.8 Å². The van der Waals surface area contributed by atoms with Crippen molar-refractivity contribution in [2.75, 3.05) is 11.9 Å². The second-order valence-electron chi connectivity index (χ2n) is 6.48. The van der Waals surface area contributed by atoms with Crippen molar-refractivity contribution in [2.24, 2.45) is 0 Å². The number of anilines is 1. The van der Waals surface area contributed by atoms with Crippen molar-refractivity contribution in [3.8, 4) is 6.07 Å². The minimum Gasteiger partial charge on any atom is -0.462 e. The Morgan fingerprint density at radius 3 is 2.66 bits per heavy atom. The van der Waals surface area contributed by atoms with Crippen LogP contribution in [-0.2, 0) is 9.53 Å². The number of carbonyl (C=O) groups excluding carboxylic acids is 2. The van der Waals surface area contributed by atoms with E-state index in [9.17, 15) is 14.9 Å². The third kappa shape index (κ3) is 4.90. The van der Waals surface area contributed by atoms with E-state index in [1.165, 1.54) is 0 Å². The fourth-order valence-corrected chi connectivity index (χ4v) is 2.80. The summed E-state index contributed by atoms with van der Waals surface area (Å²) in [6, 6.07) is 16.0. The van der Waals surface area contributed by atoms with Crippen LogP contribution in [-0.4, -0.2) is 23.5 Å². The van der Waals surface area contributed by atoms with Crippen molar-refractivity contribution in [3.05, 3.63) is 71.4 Å². The fourth-order valence-electron chi connectivity index (χ4n) is 2.80. The molecule has 0 fully saturated rings. The number of para-hydroxylation sites is 1. The molecule has 0 spiro atoms. The molecule has 0 radical (unpaired) electrons. The minimum atomic E-state index is -0.518. The van der Waals surface area contributed by atoms with Crippen LogP contribution in [0, 0.1) is 11.3 Å². The maximum Gasteiger partial charge on any atom is 0.338 e. The molecule has 1 heterocycles. The van der Waals surface area contributed by atoms with E-state index in [2.05, 4.69) is 10.3 Å². The molecule has 2 aromatic carbocycles. The van der Waals surface area contributed by atoms with E-state index in [1.807, 2.05) is 37.3 Å². The monoisotopic (exact) mass is 387 g/mol. The molecule has 0 saturated heterocycles. The van der Waals surface area contributed by atoms with E-state index in [0.29, 0.717) is 17.9 Å². The van der Waals surface area contributed by atoms with Crippen LogP contribution in [0.3, 0.4) is 0 Å². The van der Waals surface area contributed by atoms with Gasteiger partial charge in [-0.25, -0.2) is 4.79 Å². The highest BCUT2D eigenvalue weighted by Gasteiger charge is 2.12. The average molecular weight is 387 g/mol. The normalized spacial score (nSPS) is 11.1. The number of fused-ring (bicyclic) bond motifs is 1. The van der Waals surface area contributed by atoms with Crippen LogP contribution in [0.4, 0.5) is 5.69 Å². The first kappa shape index (κ1) is 19.9. The Balaban J connectivity index is 1.70. The van der Waals surface area contributed by atoms with Gasteiger partial charge in [0.05, 0.1) is 12.2 Å². The maximum absolute atomic E-state index is 12.5. The number of nitriles is 1. The fraction of sp³-hybridized carbons (Fsp3) is 0.174. The number of amides is 1. The van der Waals surface area contributed by atoms with Gasteiger partial charge >= 0.3 is 5.97 Å². The molecular formula is C23H21N3O3. The zero-order valence-electron chi connectivity index (χ0n) is 16.1. The first-order valence-corrected chi connectivity index (χ1v) is 9.39. The van der Waals surface area contributed by atoms with Gasteiger partial charge in [-0.1, -0.05) is 31.5 Å². The Hall–Kier alpha value is -3.85. The molecule has 1 aromatic heterocycles. The van der Waals surface area contributed by atoms with E-state index in [-0.39, 0.29) is 5.57 Å². The van der Waals surface area contributed by atoms with Gasteiger partial charge in [0.1, 0.15) is 11.6 Å². The van der Waals surface area contributed by atoms with Gasteiger partial charge in [0.15, 0.2) is 0 Å². The van der Waals surface area contributed by atoms with Crippen LogP contribution in [0.5, 0.6) is 0 Å². The van der Waals surface area contributed by atoms with Crippen molar-refractivity contribution in [2.45, 2.75) is 19.8 Å². The Morgan fingerprint density at radius 1 is 1.17 bits per heavy atom. The predicted octanol–water partition coefficient (Wildman–Crippen LogP) is 4.67. The topological polar surface area (TPSA) is 95.0 Å². The van der Waals surface area contributed by atoms with E-state index in [0.717, 1.165) is 29.3 Å². The molecule has 1 amide bonds. The number of carbonyl (C=O) groups is 2. The maximum atomic E-state index is 12.5. The molecule has 2 N–H and O–H groups in total. The van der Waals surface area contributed by atoms with Gasteiger partial charge in [0, 0.05) is 28.4 Å². The molecule has 0 bridgehead atoms. The summed E-state index contributed by atoms with van der Waals surface area (Å²) in [7, 11) is 0. The lowest BCUT2D eigenvalue weighted by atomic mass is 10.1. The smallest absolute Gasteiger partial charge is 0.338 e. The van der Waals surface area contributed by atoms with Crippen LogP contribution in [0.25, 0.3) is 17.0 Å². The van der Waals surface area contributed by atoms with Gasteiger partial charge in [-0.15, -0.1) is 0 Å². The number of aromatic amines is 1. The third-order valence-corrected chi connectivity index (χ3v) is 4.40. The second-order valence-corrected chi connectivity index (χ2v) is 6.48. The summed E-state index contributed by atoms with van der Waals surface area (Å²) in [5, 5.41) is 13.0. The van der Waals surface area contributed by atoms with Crippen LogP contribution in [0.15, 0.2) is 60.3 Å². The van der Waals surface area contributed by atoms with Crippen molar-refractivity contribution < 1.29 is 14.3 Å². The Morgan fingerprint density at radius 2 is 1.93 bits per heavy atom. The molecule has 0 atom stereocenters. The summed E-state index contributed by atoms with van der Waals surface area (Å²) >= 11 is 0. The highest BCUT2D eigenvalue weighted by Crippen LogP contribution is 2.21. The summed E-state index contributed by atoms with van der Waals surface area (Å²) in [6.45, 7) is 2.41. The van der Waals surface area contributed by atoms with Crippen LogP contribution >= 0.6 is 0 Å². The van der Waals surface area contributed by atoms with Crippen molar-refractivity contribution in [1.82, 2.24) is 4.98 Å². The number of aromatic nitrogens is 1. The van der Waals surface area contributed by atoms with Crippen LogP contribution in [0.2, 0.25) is 0 Å². The predicted molar refractivity (Wildman–Crippen MR) is 112 cm³/mol. The SMILES string of the molecule is CCCCOC(=O)c1ccc(NC(=O)C(C#N)=Cc2c[nH]c3ccccc23)cc1. The van der Waals surface area contributed by atoms with Gasteiger partial charge in [-0.2, -0.15) is 5.26 Å². The van der Waals surface area contributed by atoms with Crippen molar-refractivity contribution >= 4 is 34.5 Å². The summed E-state index contributed by atoms with van der Waals surface area (Å²) in [5.41, 5.74) is 2.57. The molecular weight excluding hydrogens is 366 g/mol. The van der Waals surface area contributed by atoms with E-state index in [4.69, 9.17) is 4.74 Å². The molecule has 0 unspecified atom stereocenters. The summed E-state index contributed by atoms with van der Waals surface area (Å²) in [6.07, 6.45) is 5.08. The van der Waals surface area contributed by atoms with Gasteiger partial charge < -0.3 is 15.0 Å². The average Bonchev–Trinajstić information content (AvgIpc) is 3.15. The number of hydrogen-bond acceptors (Lipinski definition) is 4. The number of hydrogen-bond donors (Lipinski definition) is 2. The lowest BCUT2D eigenvalue weighted by molar-refractivity contribution is -0.112. The highest BCUT2D eigenvalue weighted by molar-refractivity contribution is 6.10. The third-order valence-electron chi connectivity index (χ3n) is 4.40. The zero-order valence-corrected chi connectivity index (χ0v) is 16.1. The zero-order chi connectivity index (χ0) is 20.6. The molecule has 0 saturated carbocycles. The summed E-state index contributed by atoms with van der Waals surface area (Å²) < 4.78 is 5.16. The molecule has 29 heavy (non-hydrogen) atoms.